The quantitative estimate of drug-likeness (QED) is 0.663. The molecule has 0 bridgehead atoms. The van der Waals surface area contributed by atoms with E-state index in [1.807, 2.05) is 19.9 Å². The van der Waals surface area contributed by atoms with Gasteiger partial charge in [-0.2, -0.15) is 0 Å². The van der Waals surface area contributed by atoms with Gasteiger partial charge in [-0.15, -0.1) is 0 Å². The van der Waals surface area contributed by atoms with Gasteiger partial charge in [0.05, 0.1) is 30.7 Å². The summed E-state index contributed by atoms with van der Waals surface area (Å²) in [5, 5.41) is 2.51. The highest BCUT2D eigenvalue weighted by molar-refractivity contribution is 5.87. The second-order valence-corrected chi connectivity index (χ2v) is 6.19. The molecule has 25 heavy (non-hydrogen) atoms. The lowest BCUT2D eigenvalue weighted by atomic mass is 10.1. The van der Waals surface area contributed by atoms with Crippen molar-refractivity contribution >= 4 is 22.8 Å². The maximum Gasteiger partial charge on any atom is 0.242 e. The number of aromatic nitrogens is 2. The molecule has 0 saturated carbocycles. The van der Waals surface area contributed by atoms with Crippen LogP contribution in [0.1, 0.15) is 17.0 Å². The Hall–Kier alpha value is -2.45. The Morgan fingerprint density at radius 1 is 1.40 bits per heavy atom. The number of aryl methyl sites for hydroxylation is 2. The Morgan fingerprint density at radius 3 is 2.80 bits per heavy atom. The Balaban J connectivity index is 1.95. The summed E-state index contributed by atoms with van der Waals surface area (Å²) in [6.07, 6.45) is 0. The predicted octanol–water partition coefficient (Wildman–Crippen LogP) is 0.228. The maximum atomic E-state index is 12.2. The molecular weight excluding hydrogens is 322 g/mol. The Labute approximate surface area is 146 Å². The summed E-state index contributed by atoms with van der Waals surface area (Å²) in [6.45, 7) is 4.35. The van der Waals surface area contributed by atoms with E-state index in [4.69, 9.17) is 10.5 Å². The van der Waals surface area contributed by atoms with Gasteiger partial charge in [-0.3, -0.25) is 9.59 Å². The minimum atomic E-state index is -0.787. The minimum absolute atomic E-state index is 0.105. The molecule has 1 atom stereocenters. The third kappa shape index (κ3) is 4.77. The van der Waals surface area contributed by atoms with Crippen molar-refractivity contribution < 1.29 is 14.3 Å². The lowest BCUT2D eigenvalue weighted by molar-refractivity contribution is -0.132. The van der Waals surface area contributed by atoms with E-state index in [9.17, 15) is 9.59 Å². The van der Waals surface area contributed by atoms with Crippen molar-refractivity contribution in [3.05, 3.63) is 29.1 Å². The standard InChI is InChI=1S/C17H25N5O3/c1-10-5-11(2)16-13(6-10)20-14(21-16)8-22(3)15(23)7-19-17(24)12(18)9-25-4/h5-6,12H,7-9,18H2,1-4H3,(H,19,24)(H,20,21)/t12-/m1/s1. The molecule has 8 nitrogen and oxygen atoms in total. The normalized spacial score (nSPS) is 12.2. The summed E-state index contributed by atoms with van der Waals surface area (Å²) in [5.41, 5.74) is 9.70. The SMILES string of the molecule is COC[C@@H](N)C(=O)NCC(=O)N(C)Cc1nc2c(C)cc(C)cc2[nH]1. The fourth-order valence-corrected chi connectivity index (χ4v) is 2.59. The summed E-state index contributed by atoms with van der Waals surface area (Å²) in [7, 11) is 3.12. The monoisotopic (exact) mass is 347 g/mol. The highest BCUT2D eigenvalue weighted by Crippen LogP contribution is 2.18. The molecule has 0 unspecified atom stereocenters. The number of benzene rings is 1. The number of nitrogens with zero attached hydrogens (tertiary/aromatic N) is 2. The molecule has 4 N–H and O–H groups in total. The smallest absolute Gasteiger partial charge is 0.242 e. The van der Waals surface area contributed by atoms with Crippen LogP contribution >= 0.6 is 0 Å². The first-order valence-corrected chi connectivity index (χ1v) is 8.04. The maximum absolute atomic E-state index is 12.2. The zero-order valence-corrected chi connectivity index (χ0v) is 15.0. The molecule has 0 saturated heterocycles. The molecule has 2 rings (SSSR count). The number of nitrogens with two attached hydrogens (primary N) is 1. The third-order valence-corrected chi connectivity index (χ3v) is 3.88. The van der Waals surface area contributed by atoms with Crippen LogP contribution in [-0.2, 0) is 20.9 Å². The topological polar surface area (TPSA) is 113 Å². The van der Waals surface area contributed by atoms with Crippen LogP contribution in [0.5, 0.6) is 0 Å². The minimum Gasteiger partial charge on any atom is -0.383 e. The van der Waals surface area contributed by atoms with Crippen LogP contribution in [0.2, 0.25) is 0 Å². The molecule has 1 heterocycles. The molecular formula is C17H25N5O3. The van der Waals surface area contributed by atoms with Gasteiger partial charge >= 0.3 is 0 Å². The number of carbonyl (C=O) groups is 2. The predicted molar refractivity (Wildman–Crippen MR) is 94.9 cm³/mol. The van der Waals surface area contributed by atoms with E-state index in [2.05, 4.69) is 21.4 Å². The lowest BCUT2D eigenvalue weighted by Crippen LogP contribution is -2.47. The van der Waals surface area contributed by atoms with Crippen LogP contribution in [-0.4, -0.2) is 60.0 Å². The number of carbonyl (C=O) groups excluding carboxylic acids is 2. The lowest BCUT2D eigenvalue weighted by Gasteiger charge is -2.17. The van der Waals surface area contributed by atoms with E-state index in [1.54, 1.807) is 7.05 Å². The molecule has 8 heteroatoms. The van der Waals surface area contributed by atoms with Gasteiger partial charge in [0.1, 0.15) is 11.9 Å². The van der Waals surface area contributed by atoms with Crippen molar-refractivity contribution in [2.75, 3.05) is 27.3 Å². The van der Waals surface area contributed by atoms with Gasteiger partial charge in [-0.05, 0) is 31.0 Å². The number of aromatic amines is 1. The second kappa shape index (κ2) is 8.09. The van der Waals surface area contributed by atoms with E-state index in [-0.39, 0.29) is 19.1 Å². The van der Waals surface area contributed by atoms with Gasteiger partial charge in [0, 0.05) is 14.2 Å². The van der Waals surface area contributed by atoms with Crippen molar-refractivity contribution in [1.29, 1.82) is 0 Å². The summed E-state index contributed by atoms with van der Waals surface area (Å²) in [6, 6.07) is 3.31. The van der Waals surface area contributed by atoms with Crippen LogP contribution in [0.15, 0.2) is 12.1 Å². The Kier molecular flexibility index (Phi) is 6.11. The van der Waals surface area contributed by atoms with Crippen molar-refractivity contribution in [2.45, 2.75) is 26.4 Å². The Morgan fingerprint density at radius 2 is 2.12 bits per heavy atom. The van der Waals surface area contributed by atoms with Gasteiger partial charge in [0.15, 0.2) is 0 Å². The van der Waals surface area contributed by atoms with E-state index in [0.717, 1.165) is 22.2 Å². The van der Waals surface area contributed by atoms with E-state index < -0.39 is 11.9 Å². The second-order valence-electron chi connectivity index (χ2n) is 6.19. The average Bonchev–Trinajstić information content (AvgIpc) is 2.94. The molecule has 136 valence electrons. The molecule has 0 aliphatic carbocycles. The van der Waals surface area contributed by atoms with Crippen LogP contribution < -0.4 is 11.1 Å². The molecule has 2 aromatic rings. The van der Waals surface area contributed by atoms with Crippen LogP contribution in [0.25, 0.3) is 11.0 Å². The van der Waals surface area contributed by atoms with E-state index in [0.29, 0.717) is 12.4 Å². The third-order valence-electron chi connectivity index (χ3n) is 3.88. The summed E-state index contributed by atoms with van der Waals surface area (Å²) in [4.78, 5) is 33.2. The van der Waals surface area contributed by atoms with E-state index in [1.165, 1.54) is 12.0 Å². The first-order valence-electron chi connectivity index (χ1n) is 8.04. The van der Waals surface area contributed by atoms with Gasteiger partial charge in [0.2, 0.25) is 11.8 Å². The number of amides is 2. The molecule has 1 aromatic heterocycles. The van der Waals surface area contributed by atoms with Crippen molar-refractivity contribution in [2.24, 2.45) is 5.73 Å². The number of imidazole rings is 1. The number of hydrogen-bond acceptors (Lipinski definition) is 5. The molecule has 1 aromatic carbocycles. The molecule has 0 aliphatic rings. The van der Waals surface area contributed by atoms with Crippen LogP contribution in [0, 0.1) is 13.8 Å². The highest BCUT2D eigenvalue weighted by atomic mass is 16.5. The first kappa shape index (κ1) is 18.9. The van der Waals surface area contributed by atoms with Crippen molar-refractivity contribution in [3.63, 3.8) is 0 Å². The van der Waals surface area contributed by atoms with Gasteiger partial charge in [0.25, 0.3) is 0 Å². The number of rotatable bonds is 7. The van der Waals surface area contributed by atoms with Gasteiger partial charge in [-0.1, -0.05) is 6.07 Å². The van der Waals surface area contributed by atoms with Crippen molar-refractivity contribution in [1.82, 2.24) is 20.2 Å². The summed E-state index contributed by atoms with van der Waals surface area (Å²) >= 11 is 0. The number of methoxy groups -OCH3 is 1. The zero-order valence-electron chi connectivity index (χ0n) is 15.0. The number of likely N-dealkylation sites (N-methyl/N-ethyl adjacent to an activating group) is 1. The highest BCUT2D eigenvalue weighted by Gasteiger charge is 2.17. The average molecular weight is 347 g/mol. The fraction of sp³-hybridized carbons (Fsp3) is 0.471. The fourth-order valence-electron chi connectivity index (χ4n) is 2.59. The van der Waals surface area contributed by atoms with Crippen LogP contribution in [0.4, 0.5) is 0 Å². The molecule has 0 fully saturated rings. The number of H-pyrrole nitrogens is 1. The number of hydrogen-bond donors (Lipinski definition) is 3. The van der Waals surface area contributed by atoms with E-state index >= 15 is 0 Å². The molecule has 0 aliphatic heterocycles. The van der Waals surface area contributed by atoms with Gasteiger partial charge < -0.3 is 25.7 Å². The first-order chi connectivity index (χ1) is 11.8. The molecule has 0 radical (unpaired) electrons. The van der Waals surface area contributed by atoms with Crippen LogP contribution in [0.3, 0.4) is 0 Å². The molecule has 0 spiro atoms. The molecule has 2 amide bonds. The Bertz CT molecular complexity index is 771. The number of ether oxygens (including phenoxy) is 1. The number of fused-ring (bicyclic) bond motifs is 1. The summed E-state index contributed by atoms with van der Waals surface area (Å²) in [5.74, 6) is 0.0479. The summed E-state index contributed by atoms with van der Waals surface area (Å²) < 4.78 is 4.81. The van der Waals surface area contributed by atoms with Crippen molar-refractivity contribution in [3.8, 4) is 0 Å². The van der Waals surface area contributed by atoms with Gasteiger partial charge in [-0.25, -0.2) is 4.98 Å². The zero-order chi connectivity index (χ0) is 18.6. The number of nitrogens with one attached hydrogen (secondary N) is 2. The largest absolute Gasteiger partial charge is 0.383 e.